The van der Waals surface area contributed by atoms with Crippen molar-refractivity contribution in [3.63, 3.8) is 0 Å². The molecule has 5 nitrogen and oxygen atoms in total. The lowest BCUT2D eigenvalue weighted by molar-refractivity contribution is -0.128. The maximum absolute atomic E-state index is 12.5. The number of nitrogens with zero attached hydrogens (tertiary/aromatic N) is 2. The number of amides is 1. The first-order chi connectivity index (χ1) is 18.1. The van der Waals surface area contributed by atoms with Crippen molar-refractivity contribution in [2.75, 3.05) is 44.6 Å². The lowest BCUT2D eigenvalue weighted by Gasteiger charge is -2.41. The van der Waals surface area contributed by atoms with Crippen molar-refractivity contribution in [2.45, 2.75) is 64.9 Å². The zero-order valence-electron chi connectivity index (χ0n) is 23.3. The van der Waals surface area contributed by atoms with Crippen molar-refractivity contribution in [3.05, 3.63) is 71.8 Å². The highest BCUT2D eigenvalue weighted by Crippen LogP contribution is 2.43. The maximum atomic E-state index is 12.5. The molecule has 0 saturated carbocycles. The molecule has 3 heterocycles. The number of aliphatic hydroxyl groups excluding tert-OH is 1. The first-order valence-electron chi connectivity index (χ1n) is 14.4. The average Bonchev–Trinajstić information content (AvgIpc) is 3.33. The zero-order chi connectivity index (χ0) is 26.7. The first kappa shape index (κ1) is 28.9. The molecule has 2 fully saturated rings. The number of fused-ring (bicyclic) bond motifs is 2. The largest absolute Gasteiger partial charge is 0.392 e. The first-order valence-corrected chi connectivity index (χ1v) is 14.4. The Kier molecular flexibility index (Phi) is 11.2. The van der Waals surface area contributed by atoms with Crippen LogP contribution in [0.25, 0.3) is 6.08 Å². The summed E-state index contributed by atoms with van der Waals surface area (Å²) in [5, 5.41) is 14.5. The molecule has 0 aromatic heterocycles. The van der Waals surface area contributed by atoms with E-state index < -0.39 is 0 Å². The number of hydrogen-bond acceptors (Lipinski definition) is 4. The smallest absolute Gasteiger partial charge is 0.246 e. The fourth-order valence-corrected chi connectivity index (χ4v) is 5.82. The molecule has 2 saturated heterocycles. The molecule has 202 valence electrons. The number of carbonyl (C=O) groups excluding carboxylic acids is 1. The lowest BCUT2D eigenvalue weighted by atomic mass is 9.74. The Morgan fingerprint density at radius 2 is 1.59 bits per heavy atom. The minimum atomic E-state index is -0.315. The normalized spacial score (nSPS) is 19.8. The van der Waals surface area contributed by atoms with Gasteiger partial charge in [0.15, 0.2) is 0 Å². The number of para-hydroxylation sites is 1. The lowest BCUT2D eigenvalue weighted by Crippen LogP contribution is -2.48. The SMILES string of the molecule is CC.CC.O=C(/C=C/c1ccccc1)N1CCC([C@H](O)CN2CCC3(CC2)CNc2ccccc23)CC1. The molecule has 1 atom stereocenters. The summed E-state index contributed by atoms with van der Waals surface area (Å²) < 4.78 is 0. The van der Waals surface area contributed by atoms with Gasteiger partial charge in [-0.15, -0.1) is 0 Å². The van der Waals surface area contributed by atoms with Gasteiger partial charge in [0.05, 0.1) is 6.10 Å². The Hall–Kier alpha value is -2.63. The third-order valence-corrected chi connectivity index (χ3v) is 7.99. The van der Waals surface area contributed by atoms with E-state index in [9.17, 15) is 9.90 Å². The van der Waals surface area contributed by atoms with Gasteiger partial charge in [-0.25, -0.2) is 0 Å². The van der Waals surface area contributed by atoms with E-state index in [2.05, 4.69) is 34.5 Å². The molecule has 0 unspecified atom stereocenters. The molecular weight excluding hydrogens is 458 g/mol. The molecule has 2 aromatic carbocycles. The van der Waals surface area contributed by atoms with E-state index in [1.807, 2.05) is 69.0 Å². The topological polar surface area (TPSA) is 55.8 Å². The summed E-state index contributed by atoms with van der Waals surface area (Å²) in [6, 6.07) is 18.6. The molecule has 2 aromatic rings. The number of β-amino-alcohol motifs (C(OH)–C–C–N with tert-alkyl or cyclic N) is 1. The molecule has 2 N–H and O–H groups in total. The Morgan fingerprint density at radius 3 is 2.27 bits per heavy atom. The highest BCUT2D eigenvalue weighted by Gasteiger charge is 2.41. The standard InChI is InChI=1S/C28H35N3O2.2C2H6/c32-26(20-30-18-14-28(15-19-30)21-29-25-9-5-4-8-24(25)28)23-12-16-31(17-13-23)27(33)11-10-22-6-2-1-3-7-22;2*1-2/h1-11,23,26,29,32H,12-21H2;2*1-2H3/b11-10+;;/t26-;;/m1../s1. The number of aliphatic hydroxyl groups is 1. The number of rotatable bonds is 5. The minimum Gasteiger partial charge on any atom is -0.392 e. The van der Waals surface area contributed by atoms with Crippen molar-refractivity contribution in [3.8, 4) is 0 Å². The maximum Gasteiger partial charge on any atom is 0.246 e. The average molecular weight is 506 g/mol. The van der Waals surface area contributed by atoms with Crippen LogP contribution in [0, 0.1) is 5.92 Å². The number of benzene rings is 2. The van der Waals surface area contributed by atoms with Gasteiger partial charge in [-0.3, -0.25) is 4.79 Å². The summed E-state index contributed by atoms with van der Waals surface area (Å²) in [5.74, 6) is 0.343. The molecule has 1 spiro atoms. The van der Waals surface area contributed by atoms with Crippen LogP contribution >= 0.6 is 0 Å². The van der Waals surface area contributed by atoms with E-state index in [1.165, 1.54) is 11.3 Å². The van der Waals surface area contributed by atoms with Crippen LogP contribution in [0.2, 0.25) is 0 Å². The summed E-state index contributed by atoms with van der Waals surface area (Å²) in [5.41, 5.74) is 4.07. The van der Waals surface area contributed by atoms with Crippen molar-refractivity contribution in [1.29, 1.82) is 0 Å². The van der Waals surface area contributed by atoms with Crippen LogP contribution in [0.5, 0.6) is 0 Å². The van der Waals surface area contributed by atoms with Crippen molar-refractivity contribution in [2.24, 2.45) is 5.92 Å². The Labute approximate surface area is 224 Å². The second kappa shape index (κ2) is 14.3. The Balaban J connectivity index is 0.000000907. The molecule has 5 heteroatoms. The van der Waals surface area contributed by atoms with Gasteiger partial charge in [-0.2, -0.15) is 0 Å². The van der Waals surface area contributed by atoms with Crippen LogP contribution < -0.4 is 5.32 Å². The fourth-order valence-electron chi connectivity index (χ4n) is 5.82. The molecule has 1 amide bonds. The fraction of sp³-hybridized carbons (Fsp3) is 0.531. The highest BCUT2D eigenvalue weighted by molar-refractivity contribution is 5.91. The zero-order valence-corrected chi connectivity index (χ0v) is 23.3. The third kappa shape index (κ3) is 7.24. The van der Waals surface area contributed by atoms with Gasteiger partial charge in [-0.05, 0) is 68.0 Å². The van der Waals surface area contributed by atoms with E-state index in [-0.39, 0.29) is 23.3 Å². The molecule has 37 heavy (non-hydrogen) atoms. The number of piperidine rings is 2. The number of anilines is 1. The van der Waals surface area contributed by atoms with Crippen LogP contribution in [0.4, 0.5) is 5.69 Å². The Bertz CT molecular complexity index is 975. The van der Waals surface area contributed by atoms with Crippen LogP contribution in [0.15, 0.2) is 60.7 Å². The monoisotopic (exact) mass is 505 g/mol. The third-order valence-electron chi connectivity index (χ3n) is 7.99. The predicted molar refractivity (Wildman–Crippen MR) is 156 cm³/mol. The second-order valence-electron chi connectivity index (χ2n) is 9.95. The van der Waals surface area contributed by atoms with Gasteiger partial charge in [0.25, 0.3) is 0 Å². The summed E-state index contributed by atoms with van der Waals surface area (Å²) in [6.07, 6.45) is 7.28. The summed E-state index contributed by atoms with van der Waals surface area (Å²) >= 11 is 0. The summed E-state index contributed by atoms with van der Waals surface area (Å²) in [6.45, 7) is 13.3. The number of nitrogens with one attached hydrogen (secondary N) is 1. The molecule has 5 rings (SSSR count). The highest BCUT2D eigenvalue weighted by atomic mass is 16.3. The van der Waals surface area contributed by atoms with Gasteiger partial charge >= 0.3 is 0 Å². The van der Waals surface area contributed by atoms with Gasteiger partial charge in [0.1, 0.15) is 0 Å². The number of likely N-dealkylation sites (tertiary alicyclic amines) is 2. The molecule has 3 aliphatic heterocycles. The van der Waals surface area contributed by atoms with Gasteiger partial charge in [-0.1, -0.05) is 76.2 Å². The van der Waals surface area contributed by atoms with E-state index in [0.717, 1.165) is 70.5 Å². The van der Waals surface area contributed by atoms with Crippen LogP contribution in [0.3, 0.4) is 0 Å². The van der Waals surface area contributed by atoms with E-state index in [0.29, 0.717) is 0 Å². The predicted octanol–water partition coefficient (Wildman–Crippen LogP) is 5.81. The van der Waals surface area contributed by atoms with Crippen molar-refractivity contribution in [1.82, 2.24) is 9.80 Å². The minimum absolute atomic E-state index is 0.0681. The van der Waals surface area contributed by atoms with Crippen LogP contribution in [-0.4, -0.2) is 66.2 Å². The van der Waals surface area contributed by atoms with E-state index >= 15 is 0 Å². The van der Waals surface area contributed by atoms with Gasteiger partial charge in [0, 0.05) is 43.4 Å². The molecule has 0 bridgehead atoms. The quantitative estimate of drug-likeness (QED) is 0.504. The second-order valence-corrected chi connectivity index (χ2v) is 9.95. The van der Waals surface area contributed by atoms with Crippen molar-refractivity contribution >= 4 is 17.7 Å². The van der Waals surface area contributed by atoms with Crippen molar-refractivity contribution < 1.29 is 9.90 Å². The van der Waals surface area contributed by atoms with Gasteiger partial charge < -0.3 is 20.2 Å². The van der Waals surface area contributed by atoms with E-state index in [1.54, 1.807) is 6.08 Å². The van der Waals surface area contributed by atoms with Crippen LogP contribution in [0.1, 0.15) is 64.5 Å². The molecule has 3 aliphatic rings. The summed E-state index contributed by atoms with van der Waals surface area (Å²) in [4.78, 5) is 16.9. The van der Waals surface area contributed by atoms with Gasteiger partial charge in [0.2, 0.25) is 5.91 Å². The molecule has 0 radical (unpaired) electrons. The molecular formula is C32H47N3O2. The Morgan fingerprint density at radius 1 is 0.973 bits per heavy atom. The molecule has 0 aliphatic carbocycles. The number of hydrogen-bond donors (Lipinski definition) is 2. The number of carbonyl (C=O) groups is 1. The van der Waals surface area contributed by atoms with Crippen LogP contribution in [-0.2, 0) is 10.2 Å². The van der Waals surface area contributed by atoms with E-state index in [4.69, 9.17) is 0 Å². The summed E-state index contributed by atoms with van der Waals surface area (Å²) in [7, 11) is 0.